The highest BCUT2D eigenvalue weighted by Gasteiger charge is 2.10. The second kappa shape index (κ2) is 6.90. The van der Waals surface area contributed by atoms with E-state index in [1.165, 1.54) is 6.07 Å². The minimum atomic E-state index is -0.504. The SMILES string of the molecule is C[C@H](CCO)NC(=O)Nc1cc(-n2cccc2)ccc1F. The number of amides is 2. The minimum Gasteiger partial charge on any atom is -0.396 e. The van der Waals surface area contributed by atoms with E-state index >= 15 is 0 Å². The van der Waals surface area contributed by atoms with Gasteiger partial charge in [0.2, 0.25) is 0 Å². The monoisotopic (exact) mass is 291 g/mol. The highest BCUT2D eigenvalue weighted by Crippen LogP contribution is 2.19. The molecule has 2 amide bonds. The number of urea groups is 1. The van der Waals surface area contributed by atoms with Crippen LogP contribution in [0.3, 0.4) is 0 Å². The number of carbonyl (C=O) groups is 1. The highest BCUT2D eigenvalue weighted by molar-refractivity contribution is 5.89. The first-order valence-electron chi connectivity index (χ1n) is 6.71. The second-order valence-corrected chi connectivity index (χ2v) is 4.77. The van der Waals surface area contributed by atoms with Gasteiger partial charge in [0.15, 0.2) is 0 Å². The Morgan fingerprint density at radius 2 is 2.10 bits per heavy atom. The van der Waals surface area contributed by atoms with E-state index in [0.717, 1.165) is 5.69 Å². The highest BCUT2D eigenvalue weighted by atomic mass is 19.1. The number of aromatic nitrogens is 1. The molecular formula is C15H18FN3O2. The van der Waals surface area contributed by atoms with Gasteiger partial charge in [0.25, 0.3) is 0 Å². The molecule has 1 aromatic carbocycles. The molecule has 1 atom stereocenters. The number of anilines is 1. The summed E-state index contributed by atoms with van der Waals surface area (Å²) in [6.07, 6.45) is 4.11. The number of hydrogen-bond acceptors (Lipinski definition) is 2. The average molecular weight is 291 g/mol. The predicted octanol–water partition coefficient (Wildman–Crippen LogP) is 2.51. The van der Waals surface area contributed by atoms with Gasteiger partial charge in [0.1, 0.15) is 5.82 Å². The van der Waals surface area contributed by atoms with Crippen molar-refractivity contribution in [2.24, 2.45) is 0 Å². The Bertz CT molecular complexity index is 599. The molecule has 0 bridgehead atoms. The van der Waals surface area contributed by atoms with Gasteiger partial charge in [-0.05, 0) is 43.7 Å². The van der Waals surface area contributed by atoms with Crippen LogP contribution in [-0.2, 0) is 0 Å². The summed E-state index contributed by atoms with van der Waals surface area (Å²) in [4.78, 5) is 11.8. The average Bonchev–Trinajstić information content (AvgIpc) is 2.95. The number of hydrogen-bond donors (Lipinski definition) is 3. The molecule has 5 nitrogen and oxygen atoms in total. The molecule has 1 heterocycles. The maximum atomic E-state index is 13.8. The van der Waals surface area contributed by atoms with Gasteiger partial charge in [-0.15, -0.1) is 0 Å². The van der Waals surface area contributed by atoms with Crippen molar-refractivity contribution in [2.45, 2.75) is 19.4 Å². The van der Waals surface area contributed by atoms with Gasteiger partial charge in [-0.3, -0.25) is 0 Å². The molecule has 0 aliphatic carbocycles. The molecule has 0 aliphatic heterocycles. The number of aliphatic hydroxyl groups excluding tert-OH is 1. The van der Waals surface area contributed by atoms with Crippen molar-refractivity contribution in [3.8, 4) is 5.69 Å². The Balaban J connectivity index is 2.09. The molecule has 0 unspecified atom stereocenters. The van der Waals surface area contributed by atoms with Crippen LogP contribution in [0.5, 0.6) is 0 Å². The lowest BCUT2D eigenvalue weighted by Gasteiger charge is -2.14. The Morgan fingerprint density at radius 1 is 1.38 bits per heavy atom. The molecule has 2 aromatic rings. The molecular weight excluding hydrogens is 273 g/mol. The summed E-state index contributed by atoms with van der Waals surface area (Å²) in [7, 11) is 0. The lowest BCUT2D eigenvalue weighted by molar-refractivity contribution is 0.241. The van der Waals surface area contributed by atoms with Crippen LogP contribution in [0.2, 0.25) is 0 Å². The third-order valence-electron chi connectivity index (χ3n) is 3.04. The van der Waals surface area contributed by atoms with Crippen LogP contribution < -0.4 is 10.6 Å². The zero-order valence-corrected chi connectivity index (χ0v) is 11.7. The maximum Gasteiger partial charge on any atom is 0.319 e. The van der Waals surface area contributed by atoms with Gasteiger partial charge >= 0.3 is 6.03 Å². The van der Waals surface area contributed by atoms with Crippen molar-refractivity contribution in [3.05, 3.63) is 48.5 Å². The van der Waals surface area contributed by atoms with E-state index in [2.05, 4.69) is 10.6 Å². The van der Waals surface area contributed by atoms with Crippen molar-refractivity contribution in [1.29, 1.82) is 0 Å². The summed E-state index contributed by atoms with van der Waals surface area (Å²) in [5.74, 6) is -0.504. The smallest absolute Gasteiger partial charge is 0.319 e. The van der Waals surface area contributed by atoms with Crippen LogP contribution in [0.25, 0.3) is 5.69 Å². The number of rotatable bonds is 5. The first-order valence-corrected chi connectivity index (χ1v) is 6.71. The Kier molecular flexibility index (Phi) is 4.94. The zero-order valence-electron chi connectivity index (χ0n) is 11.7. The number of nitrogens with zero attached hydrogens (tertiary/aromatic N) is 1. The van der Waals surface area contributed by atoms with Crippen LogP contribution in [0.1, 0.15) is 13.3 Å². The summed E-state index contributed by atoms with van der Waals surface area (Å²) in [5.41, 5.74) is 0.856. The normalized spacial score (nSPS) is 12.0. The van der Waals surface area contributed by atoms with Crippen molar-refractivity contribution in [2.75, 3.05) is 11.9 Å². The lowest BCUT2D eigenvalue weighted by Crippen LogP contribution is -2.36. The molecule has 1 aromatic heterocycles. The van der Waals surface area contributed by atoms with Gasteiger partial charge in [-0.1, -0.05) is 0 Å². The van der Waals surface area contributed by atoms with E-state index < -0.39 is 11.8 Å². The fourth-order valence-electron chi connectivity index (χ4n) is 1.92. The second-order valence-electron chi connectivity index (χ2n) is 4.77. The fourth-order valence-corrected chi connectivity index (χ4v) is 1.92. The summed E-state index contributed by atoms with van der Waals surface area (Å²) in [6, 6.07) is 7.53. The molecule has 112 valence electrons. The van der Waals surface area contributed by atoms with E-state index in [0.29, 0.717) is 6.42 Å². The molecule has 3 N–H and O–H groups in total. The van der Waals surface area contributed by atoms with Crippen LogP contribution in [0.15, 0.2) is 42.7 Å². The van der Waals surface area contributed by atoms with Crippen molar-refractivity contribution < 1.29 is 14.3 Å². The Hall–Kier alpha value is -2.34. The van der Waals surface area contributed by atoms with Crippen LogP contribution in [0.4, 0.5) is 14.9 Å². The molecule has 0 saturated heterocycles. The predicted molar refractivity (Wildman–Crippen MR) is 79.0 cm³/mol. The molecule has 0 fully saturated rings. The molecule has 0 saturated carbocycles. The standard InChI is InChI=1S/C15H18FN3O2/c1-11(6-9-20)17-15(21)18-14-10-12(4-5-13(14)16)19-7-2-3-8-19/h2-5,7-8,10-11,20H,6,9H2,1H3,(H2,17,18,21)/t11-/m1/s1. The van der Waals surface area contributed by atoms with E-state index in [4.69, 9.17) is 5.11 Å². The first kappa shape index (κ1) is 15.1. The van der Waals surface area contributed by atoms with Gasteiger partial charge in [-0.2, -0.15) is 0 Å². The number of carbonyl (C=O) groups excluding carboxylic acids is 1. The van der Waals surface area contributed by atoms with E-state index in [1.54, 1.807) is 19.1 Å². The number of benzene rings is 1. The summed E-state index contributed by atoms with van der Waals surface area (Å²) >= 11 is 0. The van der Waals surface area contributed by atoms with Gasteiger partial charge in [-0.25, -0.2) is 9.18 Å². The van der Waals surface area contributed by atoms with Gasteiger partial charge in [0, 0.05) is 30.7 Å². The van der Waals surface area contributed by atoms with Crippen molar-refractivity contribution >= 4 is 11.7 Å². The number of nitrogens with one attached hydrogen (secondary N) is 2. The lowest BCUT2D eigenvalue weighted by atomic mass is 10.2. The van der Waals surface area contributed by atoms with Crippen molar-refractivity contribution in [3.63, 3.8) is 0 Å². The van der Waals surface area contributed by atoms with E-state index in [9.17, 15) is 9.18 Å². The van der Waals surface area contributed by atoms with Crippen LogP contribution in [0, 0.1) is 5.82 Å². The summed E-state index contributed by atoms with van der Waals surface area (Å²) in [5, 5.41) is 13.9. The quantitative estimate of drug-likeness (QED) is 0.792. The largest absolute Gasteiger partial charge is 0.396 e. The minimum absolute atomic E-state index is 0.0150. The third kappa shape index (κ3) is 4.06. The fraction of sp³-hybridized carbons (Fsp3) is 0.267. The summed E-state index contributed by atoms with van der Waals surface area (Å²) < 4.78 is 15.6. The molecule has 21 heavy (non-hydrogen) atoms. The van der Waals surface area contributed by atoms with Gasteiger partial charge < -0.3 is 20.3 Å². The van der Waals surface area contributed by atoms with Gasteiger partial charge in [0.05, 0.1) is 5.69 Å². The Morgan fingerprint density at radius 3 is 2.76 bits per heavy atom. The van der Waals surface area contributed by atoms with Crippen LogP contribution >= 0.6 is 0 Å². The van der Waals surface area contributed by atoms with Crippen LogP contribution in [-0.4, -0.2) is 28.4 Å². The zero-order chi connectivity index (χ0) is 15.2. The van der Waals surface area contributed by atoms with Crippen molar-refractivity contribution in [1.82, 2.24) is 9.88 Å². The molecule has 2 rings (SSSR count). The molecule has 0 spiro atoms. The molecule has 0 aliphatic rings. The van der Waals surface area contributed by atoms with E-state index in [1.807, 2.05) is 29.1 Å². The first-order chi connectivity index (χ1) is 10.1. The Labute approximate surface area is 122 Å². The molecule has 6 heteroatoms. The molecule has 0 radical (unpaired) electrons. The third-order valence-corrected chi connectivity index (χ3v) is 3.04. The number of halogens is 1. The number of aliphatic hydroxyl groups is 1. The summed E-state index contributed by atoms with van der Waals surface area (Å²) in [6.45, 7) is 1.75. The maximum absolute atomic E-state index is 13.8. The van der Waals surface area contributed by atoms with E-state index in [-0.39, 0.29) is 18.3 Å². The topological polar surface area (TPSA) is 66.3 Å².